The predicted molar refractivity (Wildman–Crippen MR) is 145 cm³/mol. The minimum atomic E-state index is -0.00717. The lowest BCUT2D eigenvalue weighted by Gasteiger charge is -2.31. The number of hydrogen-bond donors (Lipinski definition) is 2. The van der Waals surface area contributed by atoms with Gasteiger partial charge in [-0.2, -0.15) is 0 Å². The molecule has 2 aliphatic rings. The summed E-state index contributed by atoms with van der Waals surface area (Å²) in [7, 11) is 2.15. The fourth-order valence-corrected chi connectivity index (χ4v) is 7.08. The quantitative estimate of drug-likeness (QED) is 0.296. The Morgan fingerprint density at radius 2 is 1.91 bits per heavy atom. The highest BCUT2D eigenvalue weighted by atomic mass is 32.2. The average Bonchev–Trinajstić information content (AvgIpc) is 3.16. The van der Waals surface area contributed by atoms with Crippen molar-refractivity contribution in [1.82, 2.24) is 10.2 Å². The van der Waals surface area contributed by atoms with Gasteiger partial charge in [0.05, 0.1) is 14.8 Å². The molecular weight excluding hydrogens is 462 g/mol. The van der Waals surface area contributed by atoms with E-state index in [0.717, 1.165) is 77.0 Å². The van der Waals surface area contributed by atoms with E-state index in [4.69, 9.17) is 0 Å². The van der Waals surface area contributed by atoms with Crippen LogP contribution in [0.1, 0.15) is 66.4 Å². The number of nitrogens with one attached hydrogen (secondary N) is 1. The minimum absolute atomic E-state index is 0.00717. The summed E-state index contributed by atoms with van der Waals surface area (Å²) in [6.07, 6.45) is 3.87. The molecule has 2 N–H and O–H groups in total. The molecule has 1 amide bonds. The Morgan fingerprint density at radius 3 is 2.47 bits per heavy atom. The van der Waals surface area contributed by atoms with Gasteiger partial charge in [0.25, 0.3) is 5.91 Å². The van der Waals surface area contributed by atoms with Crippen LogP contribution in [0.25, 0.3) is 0 Å². The number of aryl methyl sites for hydroxylation is 1. The molecule has 186 valence electrons. The summed E-state index contributed by atoms with van der Waals surface area (Å²) < 4.78 is 1.11. The third-order valence-electron chi connectivity index (χ3n) is 6.50. The first-order chi connectivity index (χ1) is 16.2. The van der Waals surface area contributed by atoms with Gasteiger partial charge < -0.3 is 15.4 Å². The molecule has 1 fully saturated rings. The number of carbonyl (C=O) groups is 1. The van der Waals surface area contributed by atoms with Crippen molar-refractivity contribution >= 4 is 34.7 Å². The van der Waals surface area contributed by atoms with Crippen LogP contribution in [0.3, 0.4) is 0 Å². The fourth-order valence-electron chi connectivity index (χ4n) is 4.60. The van der Waals surface area contributed by atoms with Crippen molar-refractivity contribution in [3.05, 3.63) is 51.9 Å². The van der Waals surface area contributed by atoms with Crippen LogP contribution in [0.5, 0.6) is 0 Å². The van der Waals surface area contributed by atoms with Gasteiger partial charge in [-0.3, -0.25) is 4.79 Å². The fraction of sp³-hybridized carbons (Fsp3) is 0.556. The van der Waals surface area contributed by atoms with E-state index < -0.39 is 0 Å². The Morgan fingerprint density at radius 1 is 1.24 bits per heavy atom. The number of likely N-dealkylation sites (tertiary alicyclic amines) is 1. The number of benzene rings is 1. The Hall–Kier alpha value is -1.83. The lowest BCUT2D eigenvalue weighted by Crippen LogP contribution is -2.37. The van der Waals surface area contributed by atoms with Crippen LogP contribution in [-0.4, -0.2) is 54.2 Å². The number of thioether (sulfide) groups is 1. The summed E-state index contributed by atoms with van der Waals surface area (Å²) in [4.78, 5) is 16.2. The molecule has 0 bridgehead atoms. The van der Waals surface area contributed by atoms with Crippen molar-refractivity contribution < 1.29 is 10.0 Å². The molecule has 0 unspecified atom stereocenters. The highest BCUT2D eigenvalue weighted by Gasteiger charge is 2.36. The molecule has 1 saturated heterocycles. The Kier molecular flexibility index (Phi) is 9.63. The predicted octanol–water partition coefficient (Wildman–Crippen LogP) is 6.08. The van der Waals surface area contributed by atoms with Crippen LogP contribution in [0.15, 0.2) is 39.7 Å². The van der Waals surface area contributed by atoms with E-state index in [-0.39, 0.29) is 11.3 Å². The van der Waals surface area contributed by atoms with Crippen LogP contribution in [-0.2, 0) is 6.42 Å². The molecule has 0 radical (unpaired) electrons. The normalized spacial score (nSPS) is 19.3. The molecule has 1 aromatic heterocycles. The third-order valence-corrected chi connectivity index (χ3v) is 8.88. The van der Waals surface area contributed by atoms with Gasteiger partial charge in [-0.1, -0.05) is 61.8 Å². The maximum atomic E-state index is 13.0. The highest BCUT2D eigenvalue weighted by Crippen LogP contribution is 2.45. The van der Waals surface area contributed by atoms with Crippen LogP contribution < -0.4 is 5.32 Å². The molecule has 4 rings (SSSR count). The van der Waals surface area contributed by atoms with Crippen molar-refractivity contribution in [2.24, 2.45) is 16.5 Å². The molecule has 7 heteroatoms. The van der Waals surface area contributed by atoms with E-state index in [1.807, 2.05) is 18.2 Å². The Bertz CT molecular complexity index is 977. The minimum Gasteiger partial charge on any atom is -0.411 e. The molecule has 2 aromatic rings. The number of oxime groups is 1. The second-order valence-corrected chi connectivity index (χ2v) is 12.7. The second-order valence-electron chi connectivity index (χ2n) is 10.2. The smallest absolute Gasteiger partial charge is 0.261 e. The van der Waals surface area contributed by atoms with Gasteiger partial charge in [-0.25, -0.2) is 0 Å². The number of thiophene rings is 1. The number of amides is 1. The van der Waals surface area contributed by atoms with Gasteiger partial charge in [0.1, 0.15) is 0 Å². The topological polar surface area (TPSA) is 64.9 Å². The maximum Gasteiger partial charge on any atom is 0.261 e. The van der Waals surface area contributed by atoms with Crippen molar-refractivity contribution in [3.63, 3.8) is 0 Å². The van der Waals surface area contributed by atoms with E-state index in [1.165, 1.54) is 5.56 Å². The first-order valence-electron chi connectivity index (χ1n) is 12.2. The van der Waals surface area contributed by atoms with Crippen LogP contribution in [0.4, 0.5) is 0 Å². The number of hydrogen-bond acceptors (Lipinski definition) is 6. The Labute approximate surface area is 213 Å². The highest BCUT2D eigenvalue weighted by molar-refractivity contribution is 8.01. The number of fused-ring (bicyclic) bond motifs is 1. The van der Waals surface area contributed by atoms with E-state index in [2.05, 4.69) is 62.2 Å². The molecular formula is C27H39N3O2S2. The van der Waals surface area contributed by atoms with Gasteiger partial charge in [0.2, 0.25) is 0 Å². The summed E-state index contributed by atoms with van der Waals surface area (Å²) in [6, 6.07) is 10.3. The zero-order valence-electron chi connectivity index (χ0n) is 21.2. The van der Waals surface area contributed by atoms with E-state index in [9.17, 15) is 10.0 Å². The van der Waals surface area contributed by atoms with Gasteiger partial charge in [-0.15, -0.1) is 23.1 Å². The maximum absolute atomic E-state index is 13.0. The zero-order valence-corrected chi connectivity index (χ0v) is 22.8. The molecule has 1 aliphatic heterocycles. The first-order valence-corrected chi connectivity index (χ1v) is 14.0. The zero-order chi connectivity index (χ0) is 24.7. The van der Waals surface area contributed by atoms with Gasteiger partial charge in [-0.05, 0) is 75.4 Å². The van der Waals surface area contributed by atoms with Crippen LogP contribution in [0.2, 0.25) is 0 Å². The van der Waals surface area contributed by atoms with Gasteiger partial charge in [0.15, 0.2) is 0 Å². The summed E-state index contributed by atoms with van der Waals surface area (Å²) in [5.74, 6) is 1.54. The number of nitrogens with zero attached hydrogens (tertiary/aromatic N) is 2. The Balaban J connectivity index is 0.000000396. The first kappa shape index (κ1) is 26.8. The van der Waals surface area contributed by atoms with Crippen molar-refractivity contribution in [3.8, 4) is 0 Å². The summed E-state index contributed by atoms with van der Waals surface area (Å²) in [5.41, 5.74) is 4.12. The third kappa shape index (κ3) is 7.09. The van der Waals surface area contributed by atoms with E-state index in [0.29, 0.717) is 5.92 Å². The van der Waals surface area contributed by atoms with Crippen LogP contribution >= 0.6 is 23.1 Å². The SMILES string of the molecule is CCSc1sc(C(=O)NCC2CCN(C)CC2)c2c1/C(=N/O)CC(C)(C)C2.Cc1ccccc1. The van der Waals surface area contributed by atoms with Gasteiger partial charge in [0, 0.05) is 12.1 Å². The average molecular weight is 502 g/mol. The molecule has 1 aliphatic carbocycles. The summed E-state index contributed by atoms with van der Waals surface area (Å²) in [5, 5.41) is 16.4. The molecule has 34 heavy (non-hydrogen) atoms. The second kappa shape index (κ2) is 12.2. The summed E-state index contributed by atoms with van der Waals surface area (Å²) in [6.45, 7) is 11.5. The van der Waals surface area contributed by atoms with E-state index in [1.54, 1.807) is 23.1 Å². The molecule has 1 aromatic carbocycles. The monoisotopic (exact) mass is 501 g/mol. The lowest BCUT2D eigenvalue weighted by atomic mass is 9.74. The van der Waals surface area contributed by atoms with Crippen molar-refractivity contribution in [1.29, 1.82) is 0 Å². The van der Waals surface area contributed by atoms with Crippen LogP contribution in [0, 0.1) is 18.3 Å². The molecule has 5 nitrogen and oxygen atoms in total. The summed E-state index contributed by atoms with van der Waals surface area (Å²) >= 11 is 3.30. The number of piperidine rings is 1. The van der Waals surface area contributed by atoms with Gasteiger partial charge >= 0.3 is 0 Å². The van der Waals surface area contributed by atoms with E-state index >= 15 is 0 Å². The molecule has 2 heterocycles. The lowest BCUT2D eigenvalue weighted by molar-refractivity contribution is 0.0941. The molecule has 0 spiro atoms. The molecule has 0 atom stereocenters. The standard InChI is InChI=1S/C20H31N3O2S2.C7H8/c1-5-26-19-16-14(10-20(2,3)11-15(16)22-25)17(27-19)18(24)21-12-13-6-8-23(4)9-7-13;1-7-5-3-2-4-6-7/h13,25H,5-12H2,1-4H3,(H,21,24);2-6H,1H3/b22-15+;. The van der Waals surface area contributed by atoms with Crippen molar-refractivity contribution in [2.75, 3.05) is 32.4 Å². The molecule has 0 saturated carbocycles. The number of rotatable bonds is 5. The number of carbonyl (C=O) groups excluding carboxylic acids is 1. The largest absolute Gasteiger partial charge is 0.411 e. The van der Waals surface area contributed by atoms with Crippen molar-refractivity contribution in [2.45, 2.75) is 57.6 Å².